The SMILES string of the molecule is CC(C)(C)OC(=O)N1CC=C[C@@H](OCc2ccccc2)[C@@H](O)C1. The fourth-order valence-corrected chi connectivity index (χ4v) is 2.26. The molecule has 0 fully saturated rings. The first kappa shape index (κ1) is 17.5. The van der Waals surface area contributed by atoms with Crippen LogP contribution in [0, 0.1) is 0 Å². The number of nitrogens with zero attached hydrogens (tertiary/aromatic N) is 1. The molecule has 1 aliphatic heterocycles. The highest BCUT2D eigenvalue weighted by atomic mass is 16.6. The Kier molecular flexibility index (Phi) is 5.80. The van der Waals surface area contributed by atoms with Crippen LogP contribution in [0.3, 0.4) is 0 Å². The number of hydrogen-bond donors (Lipinski definition) is 1. The van der Waals surface area contributed by atoms with Crippen molar-refractivity contribution in [2.45, 2.75) is 45.2 Å². The zero-order valence-corrected chi connectivity index (χ0v) is 13.9. The zero-order chi connectivity index (χ0) is 16.9. The van der Waals surface area contributed by atoms with Gasteiger partial charge in [0.1, 0.15) is 17.8 Å². The van der Waals surface area contributed by atoms with E-state index in [0.29, 0.717) is 13.2 Å². The van der Waals surface area contributed by atoms with Crippen LogP contribution in [0.5, 0.6) is 0 Å². The number of carbonyl (C=O) groups excluding carboxylic acids is 1. The normalized spacial score (nSPS) is 21.8. The van der Waals surface area contributed by atoms with Crippen molar-refractivity contribution in [1.29, 1.82) is 0 Å². The van der Waals surface area contributed by atoms with Crippen molar-refractivity contribution in [3.63, 3.8) is 0 Å². The maximum atomic E-state index is 12.1. The molecule has 0 saturated carbocycles. The second-order valence-electron chi connectivity index (χ2n) is 6.64. The summed E-state index contributed by atoms with van der Waals surface area (Å²) in [5, 5.41) is 10.3. The van der Waals surface area contributed by atoms with E-state index in [2.05, 4.69) is 0 Å². The van der Waals surface area contributed by atoms with Gasteiger partial charge < -0.3 is 19.5 Å². The molecule has 0 unspecified atom stereocenters. The van der Waals surface area contributed by atoms with Crippen molar-refractivity contribution in [2.24, 2.45) is 0 Å². The Hall–Kier alpha value is -1.85. The Morgan fingerprint density at radius 2 is 2.00 bits per heavy atom. The lowest BCUT2D eigenvalue weighted by atomic mass is 10.2. The van der Waals surface area contributed by atoms with Crippen LogP contribution in [0.1, 0.15) is 26.3 Å². The van der Waals surface area contributed by atoms with Gasteiger partial charge in [-0.3, -0.25) is 0 Å². The summed E-state index contributed by atoms with van der Waals surface area (Å²) in [6.07, 6.45) is 1.98. The molecule has 5 nitrogen and oxygen atoms in total. The molecule has 23 heavy (non-hydrogen) atoms. The molecule has 2 rings (SSSR count). The minimum absolute atomic E-state index is 0.182. The standard InChI is InChI=1S/C18H25NO4/c1-18(2,3)23-17(21)19-11-7-10-16(15(20)12-19)22-13-14-8-5-4-6-9-14/h4-10,15-16,20H,11-13H2,1-3H3/t15-,16+/m0/s1. The van der Waals surface area contributed by atoms with Crippen molar-refractivity contribution in [3.05, 3.63) is 48.0 Å². The molecule has 1 aromatic rings. The Bertz CT molecular complexity index is 536. The molecular weight excluding hydrogens is 294 g/mol. The maximum absolute atomic E-state index is 12.1. The largest absolute Gasteiger partial charge is 0.444 e. The van der Waals surface area contributed by atoms with Crippen molar-refractivity contribution >= 4 is 6.09 Å². The highest BCUT2D eigenvalue weighted by molar-refractivity contribution is 5.68. The number of aliphatic hydroxyl groups is 1. The first-order chi connectivity index (χ1) is 10.8. The summed E-state index contributed by atoms with van der Waals surface area (Å²) in [6.45, 7) is 6.46. The third-order valence-corrected chi connectivity index (χ3v) is 3.38. The van der Waals surface area contributed by atoms with Crippen LogP contribution in [0.4, 0.5) is 4.79 Å². The highest BCUT2D eigenvalue weighted by Gasteiger charge is 2.28. The minimum atomic E-state index is -0.787. The quantitative estimate of drug-likeness (QED) is 0.870. The van der Waals surface area contributed by atoms with Gasteiger partial charge in [0, 0.05) is 6.54 Å². The van der Waals surface area contributed by atoms with Crippen LogP contribution in [-0.4, -0.2) is 47.0 Å². The van der Waals surface area contributed by atoms with Gasteiger partial charge in [-0.05, 0) is 26.3 Å². The molecule has 1 aliphatic rings. The fourth-order valence-electron chi connectivity index (χ4n) is 2.26. The van der Waals surface area contributed by atoms with Crippen LogP contribution in [0.15, 0.2) is 42.5 Å². The summed E-state index contributed by atoms with van der Waals surface area (Å²) >= 11 is 0. The number of ether oxygens (including phenoxy) is 2. The van der Waals surface area contributed by atoms with Gasteiger partial charge in [-0.1, -0.05) is 42.5 Å². The van der Waals surface area contributed by atoms with E-state index in [1.165, 1.54) is 4.90 Å². The van der Waals surface area contributed by atoms with Crippen LogP contribution in [0.25, 0.3) is 0 Å². The molecule has 126 valence electrons. The summed E-state index contributed by atoms with van der Waals surface area (Å²) in [4.78, 5) is 13.6. The summed E-state index contributed by atoms with van der Waals surface area (Å²) < 4.78 is 11.1. The van der Waals surface area contributed by atoms with E-state index in [4.69, 9.17) is 9.47 Å². The molecule has 5 heteroatoms. The molecular formula is C18H25NO4. The van der Waals surface area contributed by atoms with Crippen LogP contribution in [0.2, 0.25) is 0 Å². The van der Waals surface area contributed by atoms with Crippen molar-refractivity contribution in [3.8, 4) is 0 Å². The number of hydrogen-bond acceptors (Lipinski definition) is 4. The van der Waals surface area contributed by atoms with E-state index in [1.54, 1.807) is 6.08 Å². The van der Waals surface area contributed by atoms with Crippen LogP contribution >= 0.6 is 0 Å². The van der Waals surface area contributed by atoms with Crippen LogP contribution < -0.4 is 0 Å². The minimum Gasteiger partial charge on any atom is -0.444 e. The van der Waals surface area contributed by atoms with Gasteiger partial charge in [0.2, 0.25) is 0 Å². The lowest BCUT2D eigenvalue weighted by molar-refractivity contribution is -0.0325. The van der Waals surface area contributed by atoms with E-state index >= 15 is 0 Å². The molecule has 0 aliphatic carbocycles. The van der Waals surface area contributed by atoms with E-state index in [1.807, 2.05) is 57.2 Å². The molecule has 2 atom stereocenters. The molecule has 1 N–H and O–H groups in total. The maximum Gasteiger partial charge on any atom is 0.410 e. The number of aliphatic hydroxyl groups excluding tert-OH is 1. The van der Waals surface area contributed by atoms with Gasteiger partial charge in [0.25, 0.3) is 0 Å². The van der Waals surface area contributed by atoms with E-state index in [-0.39, 0.29) is 6.54 Å². The third-order valence-electron chi connectivity index (χ3n) is 3.38. The molecule has 0 bridgehead atoms. The highest BCUT2D eigenvalue weighted by Crippen LogP contribution is 2.15. The molecule has 1 heterocycles. The van der Waals surface area contributed by atoms with E-state index < -0.39 is 23.9 Å². The second-order valence-corrected chi connectivity index (χ2v) is 6.64. The Balaban J connectivity index is 1.90. The first-order valence-corrected chi connectivity index (χ1v) is 7.83. The van der Waals surface area contributed by atoms with Gasteiger partial charge in [-0.2, -0.15) is 0 Å². The predicted octanol–water partition coefficient (Wildman–Crippen LogP) is 2.74. The average molecular weight is 319 g/mol. The number of rotatable bonds is 3. The van der Waals surface area contributed by atoms with Crippen LogP contribution in [-0.2, 0) is 16.1 Å². The number of carbonyl (C=O) groups is 1. The number of β-amino-alcohol motifs (C(OH)–C–C–N with tert-alkyl or cyclic N) is 1. The molecule has 0 radical (unpaired) electrons. The Morgan fingerprint density at radius 3 is 2.65 bits per heavy atom. The number of amides is 1. The molecule has 1 aromatic carbocycles. The predicted molar refractivity (Wildman–Crippen MR) is 88.0 cm³/mol. The number of benzene rings is 1. The van der Waals surface area contributed by atoms with Gasteiger partial charge >= 0.3 is 6.09 Å². The summed E-state index contributed by atoms with van der Waals surface area (Å²) in [5.74, 6) is 0. The van der Waals surface area contributed by atoms with Gasteiger partial charge in [-0.25, -0.2) is 4.79 Å². The topological polar surface area (TPSA) is 59.0 Å². The monoisotopic (exact) mass is 319 g/mol. The lowest BCUT2D eigenvalue weighted by Crippen LogP contribution is -2.43. The van der Waals surface area contributed by atoms with Crippen molar-refractivity contribution < 1.29 is 19.4 Å². The fraction of sp³-hybridized carbons (Fsp3) is 0.500. The summed E-state index contributed by atoms with van der Waals surface area (Å²) in [6, 6.07) is 9.78. The Labute approximate surface area is 137 Å². The van der Waals surface area contributed by atoms with Gasteiger partial charge in [-0.15, -0.1) is 0 Å². The summed E-state index contributed by atoms with van der Waals surface area (Å²) in [5.41, 5.74) is 0.489. The molecule has 0 saturated heterocycles. The molecule has 0 aromatic heterocycles. The lowest BCUT2D eigenvalue weighted by Gasteiger charge is -2.28. The molecule has 0 spiro atoms. The van der Waals surface area contributed by atoms with Gasteiger partial charge in [0.05, 0.1) is 13.2 Å². The van der Waals surface area contributed by atoms with Gasteiger partial charge in [0.15, 0.2) is 0 Å². The van der Waals surface area contributed by atoms with E-state index in [9.17, 15) is 9.90 Å². The summed E-state index contributed by atoms with van der Waals surface area (Å²) in [7, 11) is 0. The third kappa shape index (κ3) is 5.69. The van der Waals surface area contributed by atoms with Crippen molar-refractivity contribution in [2.75, 3.05) is 13.1 Å². The second kappa shape index (κ2) is 7.62. The van der Waals surface area contributed by atoms with Crippen molar-refractivity contribution in [1.82, 2.24) is 4.90 Å². The Morgan fingerprint density at radius 1 is 1.30 bits per heavy atom. The average Bonchev–Trinajstić information content (AvgIpc) is 2.66. The smallest absolute Gasteiger partial charge is 0.410 e. The first-order valence-electron chi connectivity index (χ1n) is 7.83. The molecule has 1 amide bonds. The zero-order valence-electron chi connectivity index (χ0n) is 13.9. The van der Waals surface area contributed by atoms with E-state index in [0.717, 1.165) is 5.56 Å².